The molecule has 0 saturated carbocycles. The number of rotatable bonds is 4. The summed E-state index contributed by atoms with van der Waals surface area (Å²) in [5, 5.41) is 18.6. The number of aromatic hydroxyl groups is 2. The molecule has 0 aliphatic rings. The van der Waals surface area contributed by atoms with E-state index >= 15 is 0 Å². The molecule has 0 amide bonds. The quantitative estimate of drug-likeness (QED) is 0.845. The Hall–Kier alpha value is -2.21. The van der Waals surface area contributed by atoms with E-state index in [1.165, 1.54) is 18.2 Å². The molecule has 0 fully saturated rings. The summed E-state index contributed by atoms with van der Waals surface area (Å²) in [6.45, 7) is 2.34. The van der Waals surface area contributed by atoms with E-state index in [1.807, 2.05) is 6.92 Å². The van der Waals surface area contributed by atoms with E-state index in [0.29, 0.717) is 12.4 Å². The molecule has 2 rings (SSSR count). The third-order valence-electron chi connectivity index (χ3n) is 2.70. The van der Waals surface area contributed by atoms with Crippen molar-refractivity contribution in [1.82, 2.24) is 0 Å². The first-order valence-corrected chi connectivity index (χ1v) is 7.43. The lowest BCUT2D eigenvalue weighted by Gasteiger charge is -2.07. The van der Waals surface area contributed by atoms with Gasteiger partial charge in [0, 0.05) is 6.07 Å². The van der Waals surface area contributed by atoms with Crippen LogP contribution in [0.15, 0.2) is 52.3 Å². The molecule has 0 bridgehead atoms. The van der Waals surface area contributed by atoms with Crippen LogP contribution >= 0.6 is 0 Å². The van der Waals surface area contributed by atoms with Crippen LogP contribution < -0.4 is 4.74 Å². The molecule has 2 aromatic rings. The molecule has 0 atom stereocenters. The first-order chi connectivity index (χ1) is 9.45. The summed E-state index contributed by atoms with van der Waals surface area (Å²) < 4.78 is 29.9. The van der Waals surface area contributed by atoms with Crippen molar-refractivity contribution < 1.29 is 23.4 Å². The highest BCUT2D eigenvalue weighted by atomic mass is 32.2. The van der Waals surface area contributed by atoms with Crippen LogP contribution in [-0.4, -0.2) is 25.2 Å². The maximum absolute atomic E-state index is 12.3. The summed E-state index contributed by atoms with van der Waals surface area (Å²) in [7, 11) is -3.74. The first kappa shape index (κ1) is 14.2. The van der Waals surface area contributed by atoms with Crippen molar-refractivity contribution >= 4 is 9.84 Å². The summed E-state index contributed by atoms with van der Waals surface area (Å²) in [6, 6.07) is 9.39. The highest BCUT2D eigenvalue weighted by Gasteiger charge is 2.19. The molecule has 0 saturated heterocycles. The molecule has 0 heterocycles. The van der Waals surface area contributed by atoms with Gasteiger partial charge in [0.15, 0.2) is 11.5 Å². The monoisotopic (exact) mass is 294 g/mol. The van der Waals surface area contributed by atoms with Crippen molar-refractivity contribution in [3.8, 4) is 17.2 Å². The summed E-state index contributed by atoms with van der Waals surface area (Å²) in [4.78, 5) is 0.00278. The van der Waals surface area contributed by atoms with Crippen LogP contribution in [0.4, 0.5) is 0 Å². The molecule has 0 radical (unpaired) electrons. The van der Waals surface area contributed by atoms with Crippen molar-refractivity contribution in [2.45, 2.75) is 16.7 Å². The SMILES string of the molecule is CCOc1ccc(S(=O)(=O)c2ccc(O)c(O)c2)cc1. The van der Waals surface area contributed by atoms with Gasteiger partial charge in [0.25, 0.3) is 0 Å². The van der Waals surface area contributed by atoms with Crippen LogP contribution in [0.25, 0.3) is 0 Å². The standard InChI is InChI=1S/C14H14O5S/c1-2-19-10-3-5-11(6-4-10)20(17,18)12-7-8-13(15)14(16)9-12/h3-9,15-16H,2H2,1H3. The second-order valence-electron chi connectivity index (χ2n) is 4.06. The molecular formula is C14H14O5S. The lowest BCUT2D eigenvalue weighted by molar-refractivity contribution is 0.340. The molecule has 0 spiro atoms. The van der Waals surface area contributed by atoms with E-state index in [9.17, 15) is 18.6 Å². The van der Waals surface area contributed by atoms with Gasteiger partial charge in [-0.05, 0) is 43.3 Å². The van der Waals surface area contributed by atoms with Gasteiger partial charge < -0.3 is 14.9 Å². The minimum absolute atomic E-state index is 0.0861. The second kappa shape index (κ2) is 5.42. The zero-order valence-corrected chi connectivity index (χ0v) is 11.6. The zero-order chi connectivity index (χ0) is 14.8. The molecule has 2 N–H and O–H groups in total. The Labute approximate surface area is 117 Å². The number of sulfone groups is 1. The molecule has 2 aromatic carbocycles. The minimum Gasteiger partial charge on any atom is -0.504 e. The molecule has 6 heteroatoms. The Bertz CT molecular complexity index is 705. The van der Waals surface area contributed by atoms with E-state index in [-0.39, 0.29) is 15.5 Å². The van der Waals surface area contributed by atoms with Crippen LogP contribution in [0.2, 0.25) is 0 Å². The molecule has 0 aromatic heterocycles. The Morgan fingerprint density at radius 1 is 0.950 bits per heavy atom. The van der Waals surface area contributed by atoms with E-state index in [0.717, 1.165) is 12.1 Å². The number of benzene rings is 2. The normalized spacial score (nSPS) is 11.2. The zero-order valence-electron chi connectivity index (χ0n) is 10.8. The fraction of sp³-hybridized carbons (Fsp3) is 0.143. The number of phenols is 2. The van der Waals surface area contributed by atoms with Crippen molar-refractivity contribution in [3.05, 3.63) is 42.5 Å². The van der Waals surface area contributed by atoms with Crippen LogP contribution in [0.3, 0.4) is 0 Å². The van der Waals surface area contributed by atoms with Crippen LogP contribution in [-0.2, 0) is 9.84 Å². The fourth-order valence-electron chi connectivity index (χ4n) is 1.69. The lowest BCUT2D eigenvalue weighted by atomic mass is 10.3. The number of hydrogen-bond acceptors (Lipinski definition) is 5. The largest absolute Gasteiger partial charge is 0.504 e. The number of phenolic OH excluding ortho intramolecular Hbond substituents is 2. The van der Waals surface area contributed by atoms with Gasteiger partial charge in [0.05, 0.1) is 16.4 Å². The predicted molar refractivity (Wildman–Crippen MR) is 72.8 cm³/mol. The Morgan fingerprint density at radius 3 is 2.10 bits per heavy atom. The maximum Gasteiger partial charge on any atom is 0.206 e. The Kier molecular flexibility index (Phi) is 3.85. The smallest absolute Gasteiger partial charge is 0.206 e. The average molecular weight is 294 g/mol. The van der Waals surface area contributed by atoms with Crippen molar-refractivity contribution in [3.63, 3.8) is 0 Å². The minimum atomic E-state index is -3.74. The van der Waals surface area contributed by atoms with Crippen LogP contribution in [0.5, 0.6) is 17.2 Å². The molecule has 106 valence electrons. The van der Waals surface area contributed by atoms with Crippen molar-refractivity contribution in [1.29, 1.82) is 0 Å². The Balaban J connectivity index is 2.41. The van der Waals surface area contributed by atoms with E-state index in [1.54, 1.807) is 12.1 Å². The summed E-state index contributed by atoms with van der Waals surface area (Å²) in [5.74, 6) is -0.257. The van der Waals surface area contributed by atoms with Gasteiger partial charge in [-0.1, -0.05) is 0 Å². The lowest BCUT2D eigenvalue weighted by Crippen LogP contribution is -2.02. The predicted octanol–water partition coefficient (Wildman–Crippen LogP) is 2.33. The summed E-state index contributed by atoms with van der Waals surface area (Å²) >= 11 is 0. The molecular weight excluding hydrogens is 280 g/mol. The van der Waals surface area contributed by atoms with E-state index < -0.39 is 15.6 Å². The van der Waals surface area contributed by atoms with Gasteiger partial charge in [-0.15, -0.1) is 0 Å². The topological polar surface area (TPSA) is 83.8 Å². The molecule has 5 nitrogen and oxygen atoms in total. The third-order valence-corrected chi connectivity index (χ3v) is 4.47. The average Bonchev–Trinajstić information content (AvgIpc) is 2.43. The van der Waals surface area contributed by atoms with Crippen LogP contribution in [0.1, 0.15) is 6.92 Å². The maximum atomic E-state index is 12.3. The van der Waals surface area contributed by atoms with Gasteiger partial charge in [0.1, 0.15) is 5.75 Å². The molecule has 0 unspecified atom stereocenters. The highest BCUT2D eigenvalue weighted by molar-refractivity contribution is 7.91. The van der Waals surface area contributed by atoms with Gasteiger partial charge in [0.2, 0.25) is 9.84 Å². The van der Waals surface area contributed by atoms with E-state index in [2.05, 4.69) is 0 Å². The van der Waals surface area contributed by atoms with Gasteiger partial charge in [-0.25, -0.2) is 8.42 Å². The van der Waals surface area contributed by atoms with Crippen molar-refractivity contribution in [2.24, 2.45) is 0 Å². The van der Waals surface area contributed by atoms with E-state index in [4.69, 9.17) is 4.74 Å². The van der Waals surface area contributed by atoms with Gasteiger partial charge >= 0.3 is 0 Å². The van der Waals surface area contributed by atoms with Gasteiger partial charge in [-0.2, -0.15) is 0 Å². The Morgan fingerprint density at radius 2 is 1.55 bits per heavy atom. The van der Waals surface area contributed by atoms with Crippen molar-refractivity contribution in [2.75, 3.05) is 6.61 Å². The molecule has 20 heavy (non-hydrogen) atoms. The highest BCUT2D eigenvalue weighted by Crippen LogP contribution is 2.30. The summed E-state index contributed by atoms with van der Waals surface area (Å²) in [6.07, 6.45) is 0. The van der Waals surface area contributed by atoms with Crippen LogP contribution in [0, 0.1) is 0 Å². The first-order valence-electron chi connectivity index (χ1n) is 5.95. The van der Waals surface area contributed by atoms with Gasteiger partial charge in [-0.3, -0.25) is 0 Å². The second-order valence-corrected chi connectivity index (χ2v) is 6.01. The third kappa shape index (κ3) is 2.70. The number of ether oxygens (including phenoxy) is 1. The number of hydrogen-bond donors (Lipinski definition) is 2. The fourth-order valence-corrected chi connectivity index (χ4v) is 2.97. The molecule has 0 aliphatic carbocycles. The summed E-state index contributed by atoms with van der Waals surface area (Å²) in [5.41, 5.74) is 0. The molecule has 0 aliphatic heterocycles.